The van der Waals surface area contributed by atoms with Gasteiger partial charge in [-0.2, -0.15) is 0 Å². The lowest BCUT2D eigenvalue weighted by molar-refractivity contribution is -0.143. The molecule has 34 heavy (non-hydrogen) atoms. The molecule has 5 aliphatic rings. The fourth-order valence-corrected chi connectivity index (χ4v) is 10.3. The van der Waals surface area contributed by atoms with E-state index in [4.69, 9.17) is 9.47 Å². The van der Waals surface area contributed by atoms with Crippen LogP contribution in [-0.2, 0) is 14.3 Å². The Morgan fingerprint density at radius 3 is 2.47 bits per heavy atom. The van der Waals surface area contributed by atoms with Crippen molar-refractivity contribution in [1.29, 1.82) is 0 Å². The summed E-state index contributed by atoms with van der Waals surface area (Å²) in [4.78, 5) is 11.9. The van der Waals surface area contributed by atoms with Crippen molar-refractivity contribution in [1.82, 2.24) is 0 Å². The molecule has 0 amide bonds. The van der Waals surface area contributed by atoms with Crippen molar-refractivity contribution in [3.63, 3.8) is 0 Å². The number of allylic oxidation sites excluding steroid dienone is 2. The van der Waals surface area contributed by atoms with Crippen LogP contribution in [0.15, 0.2) is 23.3 Å². The molecule has 0 aromatic rings. The minimum absolute atomic E-state index is 0.0268. The normalized spacial score (nSPS) is 48.2. The number of carbonyl (C=O) groups excluding carboxylic acids is 1. The predicted molar refractivity (Wildman–Crippen MR) is 137 cm³/mol. The van der Waals surface area contributed by atoms with Gasteiger partial charge in [-0.05, 0) is 110 Å². The van der Waals surface area contributed by atoms with Crippen LogP contribution >= 0.6 is 0 Å². The van der Waals surface area contributed by atoms with Gasteiger partial charge in [0, 0.05) is 12.7 Å². The second-order valence-electron chi connectivity index (χ2n) is 14.0. The van der Waals surface area contributed by atoms with Gasteiger partial charge in [0.2, 0.25) is 0 Å². The average Bonchev–Trinajstić information content (AvgIpc) is 3.22. The smallest absolute Gasteiger partial charge is 0.334 e. The molecular formula is C31H48O3. The summed E-state index contributed by atoms with van der Waals surface area (Å²) < 4.78 is 11.6. The van der Waals surface area contributed by atoms with Crippen molar-refractivity contribution in [3.8, 4) is 0 Å². The molecule has 3 saturated carbocycles. The first kappa shape index (κ1) is 24.6. The van der Waals surface area contributed by atoms with E-state index in [1.807, 2.05) is 19.6 Å². The molecule has 0 aromatic heterocycles. The number of methoxy groups -OCH3 is 1. The maximum Gasteiger partial charge on any atom is 0.334 e. The molecule has 9 atom stereocenters. The Labute approximate surface area is 208 Å². The topological polar surface area (TPSA) is 35.5 Å². The van der Waals surface area contributed by atoms with Crippen LogP contribution in [0.1, 0.15) is 99.8 Å². The van der Waals surface area contributed by atoms with Crippen molar-refractivity contribution in [2.45, 2.75) is 112 Å². The minimum Gasteiger partial charge on any atom is -0.455 e. The van der Waals surface area contributed by atoms with E-state index in [1.165, 1.54) is 44.9 Å². The molecule has 1 aliphatic heterocycles. The van der Waals surface area contributed by atoms with Gasteiger partial charge in [0.25, 0.3) is 0 Å². The molecule has 3 heteroatoms. The zero-order valence-corrected chi connectivity index (χ0v) is 23.0. The molecule has 0 bridgehead atoms. The van der Waals surface area contributed by atoms with E-state index < -0.39 is 0 Å². The molecule has 4 aliphatic carbocycles. The minimum atomic E-state index is -0.124. The highest BCUT2D eigenvalue weighted by Gasteiger charge is 2.65. The molecule has 3 nitrogen and oxygen atoms in total. The molecule has 0 saturated heterocycles. The van der Waals surface area contributed by atoms with Crippen LogP contribution in [0.5, 0.6) is 0 Å². The highest BCUT2D eigenvalue weighted by molar-refractivity contribution is 5.90. The van der Waals surface area contributed by atoms with E-state index in [9.17, 15) is 4.79 Å². The SMILES string of the molecule is CO[C@@H]1CC[C@]2(C)[C@@H]3CC[C@]4(C)[C@@H]([C@H](C)C[C@@H]5C=C(C)C(=O)O5)CC[C@@]4(C)C3=CC[C@H]2C1(C)C. The fraction of sp³-hybridized carbons (Fsp3) is 0.839. The number of rotatable bonds is 4. The van der Waals surface area contributed by atoms with Gasteiger partial charge in [0.15, 0.2) is 0 Å². The number of ether oxygens (including phenoxy) is 2. The lowest BCUT2D eigenvalue weighted by Gasteiger charge is -2.64. The van der Waals surface area contributed by atoms with Gasteiger partial charge in [-0.25, -0.2) is 4.79 Å². The van der Waals surface area contributed by atoms with Crippen LogP contribution in [0, 0.1) is 45.3 Å². The second kappa shape index (κ2) is 7.95. The Morgan fingerprint density at radius 2 is 1.82 bits per heavy atom. The summed E-state index contributed by atoms with van der Waals surface area (Å²) in [6, 6.07) is 0. The summed E-state index contributed by atoms with van der Waals surface area (Å²) in [6.45, 7) is 17.1. The highest BCUT2D eigenvalue weighted by Crippen LogP contribution is 2.73. The van der Waals surface area contributed by atoms with Crippen LogP contribution in [0.25, 0.3) is 0 Å². The predicted octanol–water partition coefficient (Wildman–Crippen LogP) is 7.50. The van der Waals surface area contributed by atoms with Gasteiger partial charge < -0.3 is 9.47 Å². The molecule has 0 spiro atoms. The van der Waals surface area contributed by atoms with Crippen molar-refractivity contribution in [3.05, 3.63) is 23.3 Å². The van der Waals surface area contributed by atoms with Crippen LogP contribution in [0.2, 0.25) is 0 Å². The zero-order valence-electron chi connectivity index (χ0n) is 23.0. The third kappa shape index (κ3) is 3.20. The Kier molecular flexibility index (Phi) is 5.75. The third-order valence-electron chi connectivity index (χ3n) is 12.4. The van der Waals surface area contributed by atoms with Crippen LogP contribution in [0.4, 0.5) is 0 Å². The lowest BCUT2D eigenvalue weighted by atomic mass is 9.41. The molecule has 5 rings (SSSR count). The van der Waals surface area contributed by atoms with E-state index in [2.05, 4.69) is 53.7 Å². The molecule has 0 unspecified atom stereocenters. The van der Waals surface area contributed by atoms with Gasteiger partial charge in [-0.3, -0.25) is 0 Å². The number of hydrogen-bond acceptors (Lipinski definition) is 3. The summed E-state index contributed by atoms with van der Waals surface area (Å²) in [5.41, 5.74) is 3.83. The zero-order chi connectivity index (χ0) is 24.7. The van der Waals surface area contributed by atoms with Gasteiger partial charge >= 0.3 is 5.97 Å². The molecule has 190 valence electrons. The Morgan fingerprint density at radius 1 is 1.09 bits per heavy atom. The van der Waals surface area contributed by atoms with Crippen molar-refractivity contribution >= 4 is 5.97 Å². The summed E-state index contributed by atoms with van der Waals surface area (Å²) in [5.74, 6) is 2.55. The van der Waals surface area contributed by atoms with E-state index in [0.717, 1.165) is 17.9 Å². The quantitative estimate of drug-likeness (QED) is 0.316. The number of cyclic esters (lactones) is 1. The number of esters is 1. The van der Waals surface area contributed by atoms with Gasteiger partial charge in [-0.1, -0.05) is 53.2 Å². The first-order valence-electron chi connectivity index (χ1n) is 14.0. The molecule has 0 aromatic carbocycles. The lowest BCUT2D eigenvalue weighted by Crippen LogP contribution is -2.58. The third-order valence-corrected chi connectivity index (χ3v) is 12.4. The van der Waals surface area contributed by atoms with E-state index in [0.29, 0.717) is 40.1 Å². The summed E-state index contributed by atoms with van der Waals surface area (Å²) in [6.07, 6.45) is 15.1. The van der Waals surface area contributed by atoms with Gasteiger partial charge in [-0.15, -0.1) is 0 Å². The van der Waals surface area contributed by atoms with Crippen molar-refractivity contribution in [2.75, 3.05) is 7.11 Å². The van der Waals surface area contributed by atoms with Gasteiger partial charge in [0.1, 0.15) is 6.10 Å². The maximum atomic E-state index is 11.9. The van der Waals surface area contributed by atoms with Crippen LogP contribution in [0.3, 0.4) is 0 Å². The largest absolute Gasteiger partial charge is 0.455 e. The van der Waals surface area contributed by atoms with Crippen molar-refractivity contribution in [2.24, 2.45) is 45.3 Å². The summed E-state index contributed by atoms with van der Waals surface area (Å²) >= 11 is 0. The summed E-state index contributed by atoms with van der Waals surface area (Å²) in [7, 11) is 1.91. The summed E-state index contributed by atoms with van der Waals surface area (Å²) in [5, 5.41) is 0. The highest BCUT2D eigenvalue weighted by atomic mass is 16.5. The first-order chi connectivity index (χ1) is 15.9. The monoisotopic (exact) mass is 468 g/mol. The van der Waals surface area contributed by atoms with E-state index in [1.54, 1.807) is 0 Å². The molecular weight excluding hydrogens is 420 g/mol. The Balaban J connectivity index is 1.42. The van der Waals surface area contributed by atoms with E-state index in [-0.39, 0.29) is 17.5 Å². The Bertz CT molecular complexity index is 914. The Hall–Kier alpha value is -1.09. The van der Waals surface area contributed by atoms with Crippen LogP contribution in [-0.4, -0.2) is 25.3 Å². The maximum absolute atomic E-state index is 11.9. The number of carbonyl (C=O) groups is 1. The number of hydrogen-bond donors (Lipinski definition) is 0. The molecule has 3 fully saturated rings. The first-order valence-corrected chi connectivity index (χ1v) is 14.0. The molecule has 0 radical (unpaired) electrons. The number of fused-ring (bicyclic) bond motifs is 5. The standard InChI is InChI=1S/C31H48O3/c1-19(17-21-18-20(2)27(32)34-21)22-11-15-31(7)24-9-10-25-28(3,4)26(33-8)13-14-29(25,5)23(24)12-16-30(22,31)6/h9,18-19,21-23,25-26H,10-17H2,1-8H3/t19-,21-,22-,23-,25+,26-,29-,30-,31+/m1/s1. The molecule has 1 heterocycles. The fourth-order valence-electron chi connectivity index (χ4n) is 10.3. The van der Waals surface area contributed by atoms with Gasteiger partial charge in [0.05, 0.1) is 6.10 Å². The average molecular weight is 469 g/mol. The molecule has 0 N–H and O–H groups in total. The van der Waals surface area contributed by atoms with Crippen LogP contribution < -0.4 is 0 Å². The second-order valence-corrected chi connectivity index (χ2v) is 14.0. The van der Waals surface area contributed by atoms with E-state index >= 15 is 0 Å². The van der Waals surface area contributed by atoms with Crippen molar-refractivity contribution < 1.29 is 14.3 Å².